The first-order valence-corrected chi connectivity index (χ1v) is 15.5. The van der Waals surface area contributed by atoms with Crippen LogP contribution in [0.1, 0.15) is 41.5 Å². The van der Waals surface area contributed by atoms with E-state index in [1.807, 2.05) is 42.5 Å². The predicted molar refractivity (Wildman–Crippen MR) is 154 cm³/mol. The van der Waals surface area contributed by atoms with Crippen molar-refractivity contribution in [1.29, 1.82) is 0 Å². The van der Waals surface area contributed by atoms with Gasteiger partial charge < -0.3 is 19.3 Å². The molecule has 0 aliphatic carbocycles. The fraction of sp³-hybridized carbons (Fsp3) is 0.406. The molecule has 0 atom stereocenters. The second-order valence-electron chi connectivity index (χ2n) is 11.1. The van der Waals surface area contributed by atoms with Crippen LogP contribution in [0.4, 0.5) is 0 Å². The molecule has 2 fully saturated rings. The van der Waals surface area contributed by atoms with Gasteiger partial charge in [-0.2, -0.15) is 0 Å². The Labute approximate surface area is 236 Å². The maximum Gasteiger partial charge on any atom is 0.304 e. The van der Waals surface area contributed by atoms with E-state index in [2.05, 4.69) is 32.0 Å². The Kier molecular flexibility index (Phi) is 8.19. The van der Waals surface area contributed by atoms with E-state index in [-0.39, 0.29) is 23.8 Å². The second kappa shape index (κ2) is 11.6. The van der Waals surface area contributed by atoms with Crippen molar-refractivity contribution in [2.45, 2.75) is 45.1 Å². The van der Waals surface area contributed by atoms with Gasteiger partial charge in [-0.15, -0.1) is 0 Å². The molecule has 5 rings (SSSR count). The zero-order chi connectivity index (χ0) is 28.3. The Balaban J connectivity index is 1.22. The highest BCUT2D eigenvalue weighted by atomic mass is 32.2. The third kappa shape index (κ3) is 6.34. The number of carbonyl (C=O) groups is 1. The minimum atomic E-state index is -2.87. The zero-order valence-corrected chi connectivity index (χ0v) is 23.8. The van der Waals surface area contributed by atoms with Gasteiger partial charge in [0.1, 0.15) is 27.9 Å². The van der Waals surface area contributed by atoms with Gasteiger partial charge in [-0.1, -0.05) is 36.4 Å². The molecule has 2 aliphatic heterocycles. The number of rotatable bonds is 10. The minimum absolute atomic E-state index is 0.0542. The van der Waals surface area contributed by atoms with Crippen LogP contribution in [-0.2, 0) is 31.4 Å². The van der Waals surface area contributed by atoms with Crippen LogP contribution < -0.4 is 9.47 Å². The van der Waals surface area contributed by atoms with Crippen molar-refractivity contribution in [3.63, 3.8) is 0 Å². The Bertz CT molecular complexity index is 1460. The molecule has 2 saturated heterocycles. The van der Waals surface area contributed by atoms with Crippen molar-refractivity contribution in [3.8, 4) is 22.6 Å². The summed E-state index contributed by atoms with van der Waals surface area (Å²) in [5.41, 5.74) is 6.11. The molecule has 0 saturated carbocycles. The van der Waals surface area contributed by atoms with E-state index in [4.69, 9.17) is 14.2 Å². The summed E-state index contributed by atoms with van der Waals surface area (Å²) >= 11 is 0. The first kappa shape index (κ1) is 28.2. The van der Waals surface area contributed by atoms with E-state index in [0.717, 1.165) is 44.9 Å². The number of aliphatic carboxylic acids is 1. The molecule has 212 valence electrons. The average Bonchev–Trinajstić information content (AvgIpc) is 2.90. The Morgan fingerprint density at radius 1 is 0.950 bits per heavy atom. The highest BCUT2D eigenvalue weighted by molar-refractivity contribution is 7.91. The first-order valence-electron chi connectivity index (χ1n) is 13.7. The van der Waals surface area contributed by atoms with Crippen LogP contribution in [0.5, 0.6) is 11.5 Å². The van der Waals surface area contributed by atoms with E-state index in [9.17, 15) is 18.3 Å². The van der Waals surface area contributed by atoms with Crippen molar-refractivity contribution >= 4 is 15.8 Å². The number of carboxylic acid groups (broad SMARTS) is 1. The molecule has 7 nitrogen and oxygen atoms in total. The summed E-state index contributed by atoms with van der Waals surface area (Å²) in [5.74, 6) is 1.49. The molecule has 40 heavy (non-hydrogen) atoms. The van der Waals surface area contributed by atoms with Crippen LogP contribution in [0.25, 0.3) is 11.1 Å². The standard InChI is InChI=1S/C32H36O7S/c1-22-16-28(38-18-24-12-14-40(35,36)15-13-24)10-11-29(22)30-5-3-4-25(23(30)2)19-39-27-8-6-26(7-9-27)32(17-31(33)34)20-37-21-32/h3-11,16,24H,12-15,17-21H2,1-2H3,(H,33,34). The van der Waals surface area contributed by atoms with Crippen molar-refractivity contribution < 1.29 is 32.5 Å². The lowest BCUT2D eigenvalue weighted by Gasteiger charge is -2.40. The van der Waals surface area contributed by atoms with Crippen molar-refractivity contribution in [2.24, 2.45) is 5.92 Å². The first-order chi connectivity index (χ1) is 19.1. The number of ether oxygens (including phenoxy) is 3. The number of hydrogen-bond donors (Lipinski definition) is 1. The summed E-state index contributed by atoms with van der Waals surface area (Å²) in [6.07, 6.45) is 1.38. The summed E-state index contributed by atoms with van der Waals surface area (Å²) in [6, 6.07) is 20.0. The minimum Gasteiger partial charge on any atom is -0.493 e. The number of benzene rings is 3. The van der Waals surface area contributed by atoms with E-state index in [0.29, 0.717) is 39.3 Å². The molecule has 0 aromatic heterocycles. The lowest BCUT2D eigenvalue weighted by molar-refractivity contribution is -0.145. The smallest absolute Gasteiger partial charge is 0.304 e. The van der Waals surface area contributed by atoms with Crippen LogP contribution in [-0.4, -0.2) is 50.8 Å². The predicted octanol–water partition coefficient (Wildman–Crippen LogP) is 5.50. The molecule has 0 radical (unpaired) electrons. The van der Waals surface area contributed by atoms with Crippen molar-refractivity contribution in [2.75, 3.05) is 31.3 Å². The van der Waals surface area contributed by atoms with Gasteiger partial charge in [0.25, 0.3) is 0 Å². The molecule has 3 aromatic rings. The van der Waals surface area contributed by atoms with Gasteiger partial charge in [-0.3, -0.25) is 4.79 Å². The zero-order valence-electron chi connectivity index (χ0n) is 23.0. The Morgan fingerprint density at radius 2 is 1.65 bits per heavy atom. The monoisotopic (exact) mass is 564 g/mol. The van der Waals surface area contributed by atoms with Crippen LogP contribution >= 0.6 is 0 Å². The fourth-order valence-corrected chi connectivity index (χ4v) is 7.14. The SMILES string of the molecule is Cc1cc(OCC2CCS(=O)(=O)CC2)ccc1-c1cccc(COc2ccc(C3(CC(=O)O)COC3)cc2)c1C. The molecule has 0 amide bonds. The molecule has 0 unspecified atom stereocenters. The maximum absolute atomic E-state index is 11.7. The van der Waals surface area contributed by atoms with Crippen LogP contribution in [0.3, 0.4) is 0 Å². The lowest BCUT2D eigenvalue weighted by Crippen LogP contribution is -2.48. The molecule has 0 spiro atoms. The van der Waals surface area contributed by atoms with E-state index in [1.165, 1.54) is 0 Å². The third-order valence-corrected chi connectivity index (χ3v) is 9.92. The fourth-order valence-electron chi connectivity index (χ4n) is 5.55. The topological polar surface area (TPSA) is 99.1 Å². The normalized spacial score (nSPS) is 18.1. The van der Waals surface area contributed by atoms with Crippen LogP contribution in [0, 0.1) is 19.8 Å². The highest BCUT2D eigenvalue weighted by Gasteiger charge is 2.42. The van der Waals surface area contributed by atoms with Gasteiger partial charge in [0.05, 0.1) is 43.2 Å². The van der Waals surface area contributed by atoms with Gasteiger partial charge in [0.15, 0.2) is 0 Å². The largest absolute Gasteiger partial charge is 0.493 e. The number of hydrogen-bond acceptors (Lipinski definition) is 6. The van der Waals surface area contributed by atoms with Gasteiger partial charge in [-0.05, 0) is 90.3 Å². The van der Waals surface area contributed by atoms with E-state index in [1.54, 1.807) is 0 Å². The summed E-state index contributed by atoms with van der Waals surface area (Å²) in [7, 11) is -2.87. The average molecular weight is 565 g/mol. The Morgan fingerprint density at radius 3 is 2.27 bits per heavy atom. The van der Waals surface area contributed by atoms with Crippen molar-refractivity contribution in [3.05, 3.63) is 82.9 Å². The Hall–Kier alpha value is -3.36. The summed E-state index contributed by atoms with van der Waals surface area (Å²) in [6.45, 7) is 5.97. The number of aryl methyl sites for hydroxylation is 1. The van der Waals surface area contributed by atoms with E-state index >= 15 is 0 Å². The summed E-state index contributed by atoms with van der Waals surface area (Å²) in [5, 5.41) is 9.29. The second-order valence-corrected chi connectivity index (χ2v) is 13.4. The molecule has 2 aliphatic rings. The molecule has 8 heteroatoms. The van der Waals surface area contributed by atoms with E-state index < -0.39 is 21.2 Å². The number of carboxylic acids is 1. The lowest BCUT2D eigenvalue weighted by atomic mass is 9.76. The summed E-state index contributed by atoms with van der Waals surface area (Å²) in [4.78, 5) is 11.3. The number of sulfone groups is 1. The molecular weight excluding hydrogens is 528 g/mol. The van der Waals surface area contributed by atoms with Crippen molar-refractivity contribution in [1.82, 2.24) is 0 Å². The molecule has 0 bridgehead atoms. The van der Waals surface area contributed by atoms with Crippen LogP contribution in [0.2, 0.25) is 0 Å². The molecule has 2 heterocycles. The van der Waals surface area contributed by atoms with Gasteiger partial charge in [0, 0.05) is 0 Å². The third-order valence-electron chi connectivity index (χ3n) is 8.20. The molecule has 1 N–H and O–H groups in total. The summed E-state index contributed by atoms with van der Waals surface area (Å²) < 4.78 is 40.8. The van der Waals surface area contributed by atoms with Gasteiger partial charge >= 0.3 is 5.97 Å². The molecule has 3 aromatic carbocycles. The highest BCUT2D eigenvalue weighted by Crippen LogP contribution is 2.37. The molecular formula is C32H36O7S. The van der Waals surface area contributed by atoms with Gasteiger partial charge in [0.2, 0.25) is 0 Å². The maximum atomic E-state index is 11.7. The quantitative estimate of drug-likeness (QED) is 0.347. The van der Waals surface area contributed by atoms with Crippen LogP contribution in [0.15, 0.2) is 60.7 Å². The van der Waals surface area contributed by atoms with Gasteiger partial charge in [-0.25, -0.2) is 8.42 Å².